The summed E-state index contributed by atoms with van der Waals surface area (Å²) in [6.07, 6.45) is 6.79. The lowest BCUT2D eigenvalue weighted by atomic mass is 10.2. The molecule has 130 valence electrons. The minimum atomic E-state index is -3.52. The van der Waals surface area contributed by atoms with Crippen LogP contribution in [0.25, 0.3) is 11.0 Å². The number of aromatic nitrogens is 3. The maximum absolute atomic E-state index is 13.0. The summed E-state index contributed by atoms with van der Waals surface area (Å²) in [5.41, 5.74) is 1.73. The van der Waals surface area contributed by atoms with Crippen molar-refractivity contribution in [2.45, 2.75) is 11.4 Å². The van der Waals surface area contributed by atoms with Crippen LogP contribution < -0.4 is 0 Å². The van der Waals surface area contributed by atoms with E-state index in [-0.39, 0.29) is 0 Å². The van der Waals surface area contributed by atoms with Gasteiger partial charge in [-0.05, 0) is 23.8 Å². The molecule has 4 heterocycles. The fraction of sp³-hybridized carbons (Fsp3) is 0.294. The topological polar surface area (TPSA) is 82.2 Å². The molecule has 1 aliphatic rings. The Kier molecular flexibility index (Phi) is 4.24. The lowest BCUT2D eigenvalue weighted by Gasteiger charge is -2.33. The van der Waals surface area contributed by atoms with Gasteiger partial charge in [0.2, 0.25) is 10.0 Å². The summed E-state index contributed by atoms with van der Waals surface area (Å²) >= 11 is 0. The van der Waals surface area contributed by atoms with Crippen LogP contribution in [-0.2, 0) is 16.6 Å². The average Bonchev–Trinajstić information content (AvgIpc) is 3.08. The molecular weight excluding hydrogens is 338 g/mol. The van der Waals surface area contributed by atoms with E-state index in [9.17, 15) is 8.42 Å². The third-order valence-electron chi connectivity index (χ3n) is 4.49. The van der Waals surface area contributed by atoms with Gasteiger partial charge in [0, 0.05) is 62.9 Å². The van der Waals surface area contributed by atoms with Crippen LogP contribution in [-0.4, -0.2) is 58.8 Å². The fourth-order valence-electron chi connectivity index (χ4n) is 3.16. The summed E-state index contributed by atoms with van der Waals surface area (Å²) in [7, 11) is -3.52. The number of piperazine rings is 1. The summed E-state index contributed by atoms with van der Waals surface area (Å²) in [6.45, 7) is 3.16. The number of aromatic amines is 1. The first-order valence-electron chi connectivity index (χ1n) is 8.18. The van der Waals surface area contributed by atoms with Gasteiger partial charge < -0.3 is 4.98 Å². The van der Waals surface area contributed by atoms with Crippen molar-refractivity contribution in [2.24, 2.45) is 0 Å². The van der Waals surface area contributed by atoms with Gasteiger partial charge in [-0.1, -0.05) is 6.07 Å². The van der Waals surface area contributed by atoms with E-state index in [1.165, 1.54) is 6.20 Å². The van der Waals surface area contributed by atoms with Gasteiger partial charge in [0.1, 0.15) is 10.5 Å². The number of hydrogen-bond donors (Lipinski definition) is 1. The van der Waals surface area contributed by atoms with E-state index in [4.69, 9.17) is 0 Å². The molecule has 0 saturated carbocycles. The molecule has 7 nitrogen and oxygen atoms in total. The molecule has 1 aliphatic heterocycles. The van der Waals surface area contributed by atoms with Gasteiger partial charge in [-0.15, -0.1) is 0 Å². The highest BCUT2D eigenvalue weighted by Crippen LogP contribution is 2.25. The van der Waals surface area contributed by atoms with E-state index in [0.29, 0.717) is 42.1 Å². The molecule has 8 heteroatoms. The highest BCUT2D eigenvalue weighted by molar-refractivity contribution is 7.89. The summed E-state index contributed by atoms with van der Waals surface area (Å²) in [6, 6.07) is 7.49. The van der Waals surface area contributed by atoms with Crippen molar-refractivity contribution in [2.75, 3.05) is 26.2 Å². The number of nitrogens with zero attached hydrogens (tertiary/aromatic N) is 4. The number of fused-ring (bicyclic) bond motifs is 1. The largest absolute Gasteiger partial charge is 0.345 e. The molecule has 1 saturated heterocycles. The van der Waals surface area contributed by atoms with Crippen LogP contribution in [0.15, 0.2) is 53.9 Å². The summed E-state index contributed by atoms with van der Waals surface area (Å²) < 4.78 is 27.5. The van der Waals surface area contributed by atoms with Crippen molar-refractivity contribution in [3.63, 3.8) is 0 Å². The van der Waals surface area contributed by atoms with Crippen molar-refractivity contribution < 1.29 is 8.42 Å². The Hall–Kier alpha value is -2.29. The monoisotopic (exact) mass is 357 g/mol. The maximum atomic E-state index is 13.0. The quantitative estimate of drug-likeness (QED) is 0.764. The minimum Gasteiger partial charge on any atom is -0.345 e. The molecule has 0 radical (unpaired) electrons. The summed E-state index contributed by atoms with van der Waals surface area (Å²) in [5.74, 6) is 0. The molecule has 1 fully saturated rings. The van der Waals surface area contributed by atoms with Crippen LogP contribution in [0.3, 0.4) is 0 Å². The molecular formula is C17H19N5O2S. The molecule has 0 amide bonds. The number of sulfonamides is 1. The molecule has 0 atom stereocenters. The van der Waals surface area contributed by atoms with Crippen LogP contribution in [0, 0.1) is 0 Å². The van der Waals surface area contributed by atoms with E-state index in [2.05, 4.69) is 19.9 Å². The normalized spacial score (nSPS) is 17.1. The smallest absolute Gasteiger partial charge is 0.245 e. The van der Waals surface area contributed by atoms with Crippen LogP contribution in [0.2, 0.25) is 0 Å². The first kappa shape index (κ1) is 16.2. The summed E-state index contributed by atoms with van der Waals surface area (Å²) in [4.78, 5) is 13.8. The van der Waals surface area contributed by atoms with E-state index >= 15 is 0 Å². The van der Waals surface area contributed by atoms with Gasteiger partial charge in [0.15, 0.2) is 0 Å². The Bertz CT molecular complexity index is 963. The Morgan fingerprint density at radius 3 is 2.64 bits per heavy atom. The first-order valence-corrected chi connectivity index (χ1v) is 9.62. The number of pyridine rings is 2. The Labute approximate surface area is 146 Å². The number of nitrogens with one attached hydrogen (secondary N) is 1. The Morgan fingerprint density at radius 1 is 1.08 bits per heavy atom. The molecule has 3 aromatic rings. The average molecular weight is 357 g/mol. The second kappa shape index (κ2) is 6.55. The standard InChI is InChI=1S/C17H19N5O2S/c23-25(24,16-12-20-17-15(16)4-2-6-19-17)22-9-7-21(8-10-22)13-14-3-1-5-18-11-14/h1-6,11-12H,7-10,13H2,(H,19,20). The third-order valence-corrected chi connectivity index (χ3v) is 6.43. The van der Waals surface area contributed by atoms with Gasteiger partial charge in [-0.2, -0.15) is 4.31 Å². The van der Waals surface area contributed by atoms with Gasteiger partial charge in [0.05, 0.1) is 0 Å². The van der Waals surface area contributed by atoms with Crippen molar-refractivity contribution in [3.05, 3.63) is 54.6 Å². The van der Waals surface area contributed by atoms with Crippen molar-refractivity contribution in [1.82, 2.24) is 24.2 Å². The van der Waals surface area contributed by atoms with Crippen molar-refractivity contribution in [1.29, 1.82) is 0 Å². The number of rotatable bonds is 4. The van der Waals surface area contributed by atoms with Gasteiger partial charge in [0.25, 0.3) is 0 Å². The maximum Gasteiger partial charge on any atom is 0.245 e. The van der Waals surface area contributed by atoms with Crippen LogP contribution in [0.1, 0.15) is 5.56 Å². The van der Waals surface area contributed by atoms with Gasteiger partial charge in [-0.25, -0.2) is 13.4 Å². The Balaban J connectivity index is 1.48. The summed E-state index contributed by atoms with van der Waals surface area (Å²) in [5, 5.41) is 0.639. The van der Waals surface area contributed by atoms with Gasteiger partial charge >= 0.3 is 0 Å². The van der Waals surface area contributed by atoms with Crippen LogP contribution in [0.4, 0.5) is 0 Å². The van der Waals surface area contributed by atoms with E-state index in [0.717, 1.165) is 12.1 Å². The molecule has 3 aromatic heterocycles. The van der Waals surface area contributed by atoms with Crippen LogP contribution in [0.5, 0.6) is 0 Å². The first-order chi connectivity index (χ1) is 12.1. The van der Waals surface area contributed by atoms with E-state index < -0.39 is 10.0 Å². The predicted octanol–water partition coefficient (Wildman–Crippen LogP) is 1.46. The molecule has 4 rings (SSSR count). The van der Waals surface area contributed by atoms with Gasteiger partial charge in [-0.3, -0.25) is 9.88 Å². The molecule has 0 spiro atoms. The molecule has 0 bridgehead atoms. The number of H-pyrrole nitrogens is 1. The predicted molar refractivity (Wildman–Crippen MR) is 94.4 cm³/mol. The van der Waals surface area contributed by atoms with E-state index in [1.54, 1.807) is 28.8 Å². The molecule has 25 heavy (non-hydrogen) atoms. The highest BCUT2D eigenvalue weighted by atomic mass is 32.2. The van der Waals surface area contributed by atoms with Crippen LogP contribution >= 0.6 is 0 Å². The molecule has 0 aliphatic carbocycles. The zero-order chi connectivity index (χ0) is 17.3. The zero-order valence-corrected chi connectivity index (χ0v) is 14.5. The molecule has 1 N–H and O–H groups in total. The minimum absolute atomic E-state index is 0.302. The van der Waals surface area contributed by atoms with Crippen molar-refractivity contribution >= 4 is 21.1 Å². The van der Waals surface area contributed by atoms with Crippen molar-refractivity contribution in [3.8, 4) is 0 Å². The lowest BCUT2D eigenvalue weighted by Crippen LogP contribution is -2.48. The third kappa shape index (κ3) is 3.15. The molecule has 0 aromatic carbocycles. The zero-order valence-electron chi connectivity index (χ0n) is 13.7. The second-order valence-electron chi connectivity index (χ2n) is 6.09. The Morgan fingerprint density at radius 2 is 1.88 bits per heavy atom. The van der Waals surface area contributed by atoms with E-state index in [1.807, 2.05) is 18.3 Å². The highest BCUT2D eigenvalue weighted by Gasteiger charge is 2.30. The fourth-order valence-corrected chi connectivity index (χ4v) is 4.73. The second-order valence-corrected chi connectivity index (χ2v) is 8.00. The lowest BCUT2D eigenvalue weighted by molar-refractivity contribution is 0.181. The molecule has 0 unspecified atom stereocenters. The SMILES string of the molecule is O=S(=O)(c1c[nH]c2ncccc12)N1CCN(Cc2cccnc2)CC1. The number of hydrogen-bond acceptors (Lipinski definition) is 5.